The smallest absolute Gasteiger partial charge is 0.338 e. The Hall–Kier alpha value is -2.11. The third-order valence-electron chi connectivity index (χ3n) is 5.57. The molecule has 0 aliphatic heterocycles. The molecule has 2 saturated carbocycles. The van der Waals surface area contributed by atoms with E-state index in [0.29, 0.717) is 18.8 Å². The molecule has 0 aromatic heterocycles. The lowest BCUT2D eigenvalue weighted by atomic mass is 9.84. The average molecular weight is 439 g/mol. The normalized spacial score (nSPS) is 19.0. The summed E-state index contributed by atoms with van der Waals surface area (Å²) in [4.78, 5) is 12.2. The first kappa shape index (κ1) is 22.6. The van der Waals surface area contributed by atoms with Gasteiger partial charge in [-0.3, -0.25) is 4.55 Å². The van der Waals surface area contributed by atoms with E-state index in [0.717, 1.165) is 38.2 Å². The monoisotopic (exact) mass is 438 g/mol. The lowest BCUT2D eigenvalue weighted by Gasteiger charge is -2.33. The molecule has 1 aromatic rings. The van der Waals surface area contributed by atoms with Gasteiger partial charge >= 0.3 is 5.97 Å². The molecule has 0 radical (unpaired) electrons. The highest BCUT2D eigenvalue weighted by molar-refractivity contribution is 7.85. The summed E-state index contributed by atoms with van der Waals surface area (Å²) in [5.41, 5.74) is -0.730. The van der Waals surface area contributed by atoms with Gasteiger partial charge in [0, 0.05) is 5.92 Å². The molecule has 164 valence electrons. The molecule has 6 nitrogen and oxygen atoms in total. The molecular weight excluding hydrogens is 411 g/mol. The van der Waals surface area contributed by atoms with Crippen LogP contribution in [-0.2, 0) is 14.9 Å². The first-order valence-corrected chi connectivity index (χ1v) is 12.0. The van der Waals surface area contributed by atoms with Crippen LogP contribution in [0.1, 0.15) is 68.1 Å². The Morgan fingerprint density at radius 2 is 1.87 bits per heavy atom. The van der Waals surface area contributed by atoms with Crippen LogP contribution in [0.4, 0.5) is 4.39 Å². The molecule has 2 aliphatic carbocycles. The van der Waals surface area contributed by atoms with Gasteiger partial charge in [0.25, 0.3) is 10.1 Å². The van der Waals surface area contributed by atoms with E-state index in [1.54, 1.807) is 0 Å². The minimum atomic E-state index is -4.23. The van der Waals surface area contributed by atoms with Crippen molar-refractivity contribution in [2.75, 3.05) is 12.4 Å². The Kier molecular flexibility index (Phi) is 7.37. The second-order valence-electron chi connectivity index (χ2n) is 7.97. The van der Waals surface area contributed by atoms with E-state index in [2.05, 4.69) is 11.8 Å². The summed E-state index contributed by atoms with van der Waals surface area (Å²) in [6.07, 6.45) is 8.91. The SMILES string of the molecule is O=C(OCCS(=O)(=O)O)c1ccc(F)c(OC2(C#CC3CCCC3)CCCCC2)c1. The van der Waals surface area contributed by atoms with Gasteiger partial charge in [-0.15, -0.1) is 0 Å². The van der Waals surface area contributed by atoms with Gasteiger partial charge in [0.1, 0.15) is 12.4 Å². The van der Waals surface area contributed by atoms with Crippen molar-refractivity contribution < 1.29 is 31.6 Å². The summed E-state index contributed by atoms with van der Waals surface area (Å²) >= 11 is 0. The van der Waals surface area contributed by atoms with Crippen molar-refractivity contribution in [3.8, 4) is 17.6 Å². The Labute approximate surface area is 176 Å². The van der Waals surface area contributed by atoms with E-state index in [4.69, 9.17) is 14.0 Å². The zero-order chi connectivity index (χ0) is 21.6. The number of halogens is 1. The fourth-order valence-corrected chi connectivity index (χ4v) is 4.22. The number of carbonyl (C=O) groups excluding carboxylic acids is 1. The van der Waals surface area contributed by atoms with Crippen molar-refractivity contribution >= 4 is 16.1 Å². The van der Waals surface area contributed by atoms with Gasteiger partial charge in [-0.1, -0.05) is 31.1 Å². The van der Waals surface area contributed by atoms with Crippen molar-refractivity contribution in [2.45, 2.75) is 63.4 Å². The molecule has 3 rings (SSSR count). The Bertz CT molecular complexity index is 919. The number of rotatable bonds is 6. The van der Waals surface area contributed by atoms with E-state index in [1.165, 1.54) is 25.0 Å². The predicted molar refractivity (Wildman–Crippen MR) is 109 cm³/mol. The number of hydrogen-bond donors (Lipinski definition) is 1. The molecule has 30 heavy (non-hydrogen) atoms. The summed E-state index contributed by atoms with van der Waals surface area (Å²) in [6.45, 7) is -0.498. The van der Waals surface area contributed by atoms with Gasteiger partial charge in [-0.05, 0) is 56.7 Å². The van der Waals surface area contributed by atoms with Crippen molar-refractivity contribution in [3.05, 3.63) is 29.6 Å². The standard InChI is InChI=1S/C22H27FO6S/c23-19-9-8-18(21(24)28-14-15-30(25,26)27)16-20(19)29-22(11-4-1-5-12-22)13-10-17-6-2-3-7-17/h8-9,16-17H,1-7,11-12,14-15H2,(H,25,26,27). The fourth-order valence-electron chi connectivity index (χ4n) is 3.92. The van der Waals surface area contributed by atoms with Crippen molar-refractivity contribution in [1.29, 1.82) is 0 Å². The van der Waals surface area contributed by atoms with Crippen LogP contribution in [0.2, 0.25) is 0 Å². The quantitative estimate of drug-likeness (QED) is 0.408. The van der Waals surface area contributed by atoms with Crippen LogP contribution < -0.4 is 4.74 Å². The van der Waals surface area contributed by atoms with Crippen molar-refractivity contribution in [1.82, 2.24) is 0 Å². The molecule has 0 unspecified atom stereocenters. The predicted octanol–water partition coefficient (Wildman–Crippen LogP) is 4.15. The molecule has 0 saturated heterocycles. The molecule has 0 heterocycles. The molecule has 0 spiro atoms. The van der Waals surface area contributed by atoms with Crippen LogP contribution in [0, 0.1) is 23.6 Å². The molecule has 0 atom stereocenters. The van der Waals surface area contributed by atoms with Crippen molar-refractivity contribution in [2.24, 2.45) is 5.92 Å². The first-order valence-electron chi connectivity index (χ1n) is 10.4. The summed E-state index contributed by atoms with van der Waals surface area (Å²) < 4.78 is 55.6. The summed E-state index contributed by atoms with van der Waals surface area (Å²) in [6, 6.07) is 3.63. The minimum absolute atomic E-state index is 0.0384. The highest BCUT2D eigenvalue weighted by Crippen LogP contribution is 2.35. The van der Waals surface area contributed by atoms with Gasteiger partial charge in [-0.2, -0.15) is 8.42 Å². The second kappa shape index (κ2) is 9.80. The maximum Gasteiger partial charge on any atom is 0.338 e. The van der Waals surface area contributed by atoms with Gasteiger partial charge in [-0.25, -0.2) is 9.18 Å². The van der Waals surface area contributed by atoms with Crippen LogP contribution in [-0.4, -0.2) is 36.9 Å². The maximum absolute atomic E-state index is 14.5. The van der Waals surface area contributed by atoms with E-state index in [9.17, 15) is 17.6 Å². The number of ether oxygens (including phenoxy) is 2. The third kappa shape index (κ3) is 6.44. The second-order valence-corrected chi connectivity index (χ2v) is 9.55. The van der Waals surface area contributed by atoms with Gasteiger partial charge in [0.2, 0.25) is 0 Å². The van der Waals surface area contributed by atoms with E-state index >= 15 is 0 Å². The molecular formula is C22H27FO6S. The molecule has 1 N–H and O–H groups in total. The molecule has 0 bridgehead atoms. The number of hydrogen-bond acceptors (Lipinski definition) is 5. The van der Waals surface area contributed by atoms with E-state index in [1.807, 2.05) is 0 Å². The minimum Gasteiger partial charge on any atom is -0.471 e. The number of carbonyl (C=O) groups is 1. The summed E-state index contributed by atoms with van der Waals surface area (Å²) in [7, 11) is -4.23. The third-order valence-corrected chi connectivity index (χ3v) is 6.25. The van der Waals surface area contributed by atoms with Gasteiger partial charge in [0.05, 0.1) is 5.56 Å². The molecule has 2 fully saturated rings. The summed E-state index contributed by atoms with van der Waals surface area (Å²) in [5.74, 6) is 4.81. The lowest BCUT2D eigenvalue weighted by Crippen LogP contribution is -2.37. The molecule has 1 aromatic carbocycles. The van der Waals surface area contributed by atoms with Crippen LogP contribution in [0.5, 0.6) is 5.75 Å². The Morgan fingerprint density at radius 1 is 1.17 bits per heavy atom. The Morgan fingerprint density at radius 3 is 2.53 bits per heavy atom. The first-order chi connectivity index (χ1) is 14.3. The Balaban J connectivity index is 1.75. The summed E-state index contributed by atoms with van der Waals surface area (Å²) in [5, 5.41) is 0. The number of benzene rings is 1. The van der Waals surface area contributed by atoms with Crippen LogP contribution in [0.15, 0.2) is 18.2 Å². The van der Waals surface area contributed by atoms with Crippen LogP contribution in [0.25, 0.3) is 0 Å². The van der Waals surface area contributed by atoms with Crippen molar-refractivity contribution in [3.63, 3.8) is 0 Å². The fraction of sp³-hybridized carbons (Fsp3) is 0.591. The van der Waals surface area contributed by atoms with Crippen LogP contribution in [0.3, 0.4) is 0 Å². The topological polar surface area (TPSA) is 89.9 Å². The highest BCUT2D eigenvalue weighted by Gasteiger charge is 2.34. The lowest BCUT2D eigenvalue weighted by molar-refractivity contribution is 0.0524. The van der Waals surface area contributed by atoms with Gasteiger partial charge in [0.15, 0.2) is 17.2 Å². The van der Waals surface area contributed by atoms with E-state index < -0.39 is 39.9 Å². The van der Waals surface area contributed by atoms with E-state index in [-0.39, 0.29) is 11.3 Å². The largest absolute Gasteiger partial charge is 0.471 e. The zero-order valence-corrected chi connectivity index (χ0v) is 17.7. The number of esters is 1. The zero-order valence-electron chi connectivity index (χ0n) is 16.9. The van der Waals surface area contributed by atoms with Gasteiger partial charge < -0.3 is 9.47 Å². The highest BCUT2D eigenvalue weighted by atomic mass is 32.2. The molecule has 2 aliphatic rings. The molecule has 0 amide bonds. The average Bonchev–Trinajstić information content (AvgIpc) is 3.22. The molecule has 8 heteroatoms. The van der Waals surface area contributed by atoms with Crippen LogP contribution >= 0.6 is 0 Å². The maximum atomic E-state index is 14.5.